The average Bonchev–Trinajstić information content (AvgIpc) is 2.39. The van der Waals surface area contributed by atoms with Gasteiger partial charge in [0.05, 0.1) is 0 Å². The van der Waals surface area contributed by atoms with Crippen molar-refractivity contribution < 1.29 is 4.79 Å². The summed E-state index contributed by atoms with van der Waals surface area (Å²) in [5.74, 6) is 1.40. The Hall–Kier alpha value is -1.11. The predicted octanol–water partition coefficient (Wildman–Crippen LogP) is 4.22. The Morgan fingerprint density at radius 2 is 1.83 bits per heavy atom. The predicted molar refractivity (Wildman–Crippen MR) is 75.5 cm³/mol. The highest BCUT2D eigenvalue weighted by molar-refractivity contribution is 5.55. The summed E-state index contributed by atoms with van der Waals surface area (Å²) in [6.45, 7) is 6.85. The van der Waals surface area contributed by atoms with Gasteiger partial charge in [-0.3, -0.25) is 0 Å². The lowest BCUT2D eigenvalue weighted by Crippen LogP contribution is -2.38. The van der Waals surface area contributed by atoms with Crippen molar-refractivity contribution in [2.75, 3.05) is 0 Å². The maximum absolute atomic E-state index is 11.4. The second kappa shape index (κ2) is 5.26. The zero-order chi connectivity index (χ0) is 13.2. The highest BCUT2D eigenvalue weighted by Crippen LogP contribution is 2.44. The van der Waals surface area contributed by atoms with Crippen LogP contribution in [0, 0.1) is 17.8 Å². The van der Waals surface area contributed by atoms with Gasteiger partial charge in [0.25, 0.3) is 0 Å². The fourth-order valence-corrected chi connectivity index (χ4v) is 3.55. The third-order valence-corrected chi connectivity index (χ3v) is 4.78. The van der Waals surface area contributed by atoms with Crippen LogP contribution in [0.25, 0.3) is 0 Å². The Morgan fingerprint density at radius 1 is 1.17 bits per heavy atom. The summed E-state index contributed by atoms with van der Waals surface area (Å²) in [6, 6.07) is 10.6. The number of aldehydes is 1. The third-order valence-electron chi connectivity index (χ3n) is 4.78. The number of rotatable bonds is 3. The van der Waals surface area contributed by atoms with Crippen molar-refractivity contribution in [1.29, 1.82) is 0 Å². The van der Waals surface area contributed by atoms with Gasteiger partial charge in [0, 0.05) is 5.92 Å². The molecule has 0 aliphatic heterocycles. The molecule has 0 saturated heterocycles. The lowest BCUT2D eigenvalue weighted by Gasteiger charge is -2.42. The summed E-state index contributed by atoms with van der Waals surface area (Å²) in [7, 11) is 0. The van der Waals surface area contributed by atoms with Crippen molar-refractivity contribution >= 4 is 6.29 Å². The van der Waals surface area contributed by atoms with E-state index in [-0.39, 0.29) is 11.3 Å². The summed E-state index contributed by atoms with van der Waals surface area (Å²) >= 11 is 0. The van der Waals surface area contributed by atoms with E-state index in [0.717, 1.165) is 6.42 Å². The van der Waals surface area contributed by atoms with E-state index in [4.69, 9.17) is 0 Å². The van der Waals surface area contributed by atoms with Crippen LogP contribution >= 0.6 is 0 Å². The molecule has 3 atom stereocenters. The molecule has 98 valence electrons. The van der Waals surface area contributed by atoms with Crippen LogP contribution < -0.4 is 0 Å². The molecule has 18 heavy (non-hydrogen) atoms. The van der Waals surface area contributed by atoms with Gasteiger partial charge in [-0.25, -0.2) is 0 Å². The van der Waals surface area contributed by atoms with Gasteiger partial charge in [0.1, 0.15) is 6.29 Å². The zero-order valence-corrected chi connectivity index (χ0v) is 11.7. The molecule has 0 bridgehead atoms. The van der Waals surface area contributed by atoms with Crippen LogP contribution in [0.5, 0.6) is 0 Å². The fraction of sp³-hybridized carbons (Fsp3) is 0.588. The number of hydrogen-bond acceptors (Lipinski definition) is 1. The van der Waals surface area contributed by atoms with Crippen molar-refractivity contribution in [3.05, 3.63) is 35.9 Å². The molecule has 1 saturated carbocycles. The van der Waals surface area contributed by atoms with E-state index in [1.54, 1.807) is 0 Å². The molecule has 0 heterocycles. The van der Waals surface area contributed by atoms with Crippen molar-refractivity contribution in [2.45, 2.75) is 45.4 Å². The molecular formula is C17H24O. The van der Waals surface area contributed by atoms with Crippen LogP contribution in [0.2, 0.25) is 0 Å². The highest BCUT2D eigenvalue weighted by atomic mass is 16.1. The minimum absolute atomic E-state index is 0.0903. The molecule has 1 fully saturated rings. The monoisotopic (exact) mass is 244 g/mol. The SMILES string of the molecule is C[C@@H]1CC[C@@H](C(C)(C)c2ccccc2)[C@H](C=O)C1. The first-order valence-electron chi connectivity index (χ1n) is 7.06. The summed E-state index contributed by atoms with van der Waals surface area (Å²) in [4.78, 5) is 11.4. The summed E-state index contributed by atoms with van der Waals surface area (Å²) in [6.07, 6.45) is 4.69. The first kappa shape index (κ1) is 13.3. The molecule has 1 heteroatoms. The summed E-state index contributed by atoms with van der Waals surface area (Å²) in [5.41, 5.74) is 1.45. The molecule has 0 radical (unpaired) electrons. The minimum atomic E-state index is 0.0903. The molecule has 0 spiro atoms. The van der Waals surface area contributed by atoms with Gasteiger partial charge in [0.15, 0.2) is 0 Å². The normalized spacial score (nSPS) is 28.9. The van der Waals surface area contributed by atoms with Crippen LogP contribution in [0.1, 0.15) is 45.6 Å². The van der Waals surface area contributed by atoms with E-state index < -0.39 is 0 Å². The Balaban J connectivity index is 2.26. The molecule has 0 unspecified atom stereocenters. The second-order valence-electron chi connectivity index (χ2n) is 6.41. The van der Waals surface area contributed by atoms with E-state index in [2.05, 4.69) is 51.1 Å². The van der Waals surface area contributed by atoms with Crippen molar-refractivity contribution in [2.24, 2.45) is 17.8 Å². The van der Waals surface area contributed by atoms with Crippen molar-refractivity contribution in [1.82, 2.24) is 0 Å². The molecule has 0 N–H and O–H groups in total. The van der Waals surface area contributed by atoms with Gasteiger partial charge in [-0.2, -0.15) is 0 Å². The van der Waals surface area contributed by atoms with Gasteiger partial charge in [-0.1, -0.05) is 57.5 Å². The maximum atomic E-state index is 11.4. The Morgan fingerprint density at radius 3 is 2.44 bits per heavy atom. The smallest absolute Gasteiger partial charge is 0.123 e. The van der Waals surface area contributed by atoms with Crippen molar-refractivity contribution in [3.63, 3.8) is 0 Å². The summed E-state index contributed by atoms with van der Waals surface area (Å²) < 4.78 is 0. The quantitative estimate of drug-likeness (QED) is 0.728. The van der Waals surface area contributed by atoms with E-state index in [1.165, 1.54) is 24.7 Å². The first-order valence-corrected chi connectivity index (χ1v) is 7.06. The molecule has 1 aromatic rings. The number of carbonyl (C=O) groups is 1. The molecule has 1 aliphatic rings. The molecule has 0 aromatic heterocycles. The lowest BCUT2D eigenvalue weighted by atomic mass is 9.61. The molecule has 2 rings (SSSR count). The van der Waals surface area contributed by atoms with Crippen LogP contribution in [-0.2, 0) is 10.2 Å². The van der Waals surface area contributed by atoms with E-state index in [9.17, 15) is 4.79 Å². The Bertz CT molecular complexity index is 393. The first-order chi connectivity index (χ1) is 8.55. The zero-order valence-electron chi connectivity index (χ0n) is 11.7. The molecule has 1 aliphatic carbocycles. The molecular weight excluding hydrogens is 220 g/mol. The summed E-state index contributed by atoms with van der Waals surface area (Å²) in [5, 5.41) is 0. The number of benzene rings is 1. The largest absolute Gasteiger partial charge is 0.303 e. The van der Waals surface area contributed by atoms with E-state index >= 15 is 0 Å². The van der Waals surface area contributed by atoms with Crippen LogP contribution in [0.3, 0.4) is 0 Å². The maximum Gasteiger partial charge on any atom is 0.123 e. The molecule has 0 amide bonds. The Kier molecular flexibility index (Phi) is 3.89. The topological polar surface area (TPSA) is 17.1 Å². The van der Waals surface area contributed by atoms with Crippen LogP contribution in [0.4, 0.5) is 0 Å². The van der Waals surface area contributed by atoms with E-state index in [0.29, 0.717) is 11.8 Å². The second-order valence-corrected chi connectivity index (χ2v) is 6.41. The van der Waals surface area contributed by atoms with Gasteiger partial charge < -0.3 is 4.79 Å². The fourth-order valence-electron chi connectivity index (χ4n) is 3.55. The third kappa shape index (κ3) is 2.50. The minimum Gasteiger partial charge on any atom is -0.303 e. The van der Waals surface area contributed by atoms with Gasteiger partial charge in [0.2, 0.25) is 0 Å². The Labute approximate surface area is 111 Å². The number of carbonyl (C=O) groups excluding carboxylic acids is 1. The molecule has 1 aromatic carbocycles. The average molecular weight is 244 g/mol. The van der Waals surface area contributed by atoms with Crippen molar-refractivity contribution in [3.8, 4) is 0 Å². The highest BCUT2D eigenvalue weighted by Gasteiger charge is 2.39. The van der Waals surface area contributed by atoms with Crippen LogP contribution in [0.15, 0.2) is 30.3 Å². The van der Waals surface area contributed by atoms with Gasteiger partial charge in [-0.15, -0.1) is 0 Å². The van der Waals surface area contributed by atoms with Gasteiger partial charge >= 0.3 is 0 Å². The molecule has 1 nitrogen and oxygen atoms in total. The lowest BCUT2D eigenvalue weighted by molar-refractivity contribution is -0.115. The van der Waals surface area contributed by atoms with Crippen LogP contribution in [-0.4, -0.2) is 6.29 Å². The van der Waals surface area contributed by atoms with Gasteiger partial charge in [-0.05, 0) is 35.7 Å². The standard InChI is InChI=1S/C17H24O/c1-13-9-10-16(14(11-13)12-18)17(2,3)15-7-5-4-6-8-15/h4-8,12-14,16H,9-11H2,1-3H3/t13-,14+,16-/m1/s1. The number of hydrogen-bond donors (Lipinski definition) is 0. The van der Waals surface area contributed by atoms with E-state index in [1.807, 2.05) is 0 Å².